The van der Waals surface area contributed by atoms with Gasteiger partial charge in [-0.15, -0.1) is 0 Å². The van der Waals surface area contributed by atoms with Gasteiger partial charge in [-0.25, -0.2) is 0 Å². The highest BCUT2D eigenvalue weighted by atomic mass is 79.9. The molecule has 2 atom stereocenters. The number of carbonyl (C=O) groups excluding carboxylic acids is 3. The zero-order valence-electron chi connectivity index (χ0n) is 30.4. The summed E-state index contributed by atoms with van der Waals surface area (Å²) in [5.74, 6) is -1.22. The SMILES string of the molecule is C[C@@H](/C=C/CC(=O)N(CCO)Cc1ccccc1)[C@]1(O)C(=O)N(Cc2cccc(N3CN(c4ccccc4)C4(CCNCC4)C3=O)c2)c2ccc(Br)cc21. The maximum Gasteiger partial charge on any atom is 0.264 e. The molecular weight excluding hydrogens is 746 g/mol. The lowest BCUT2D eigenvalue weighted by atomic mass is 9.83. The molecule has 11 heteroatoms. The zero-order valence-corrected chi connectivity index (χ0v) is 32.0. The first-order valence-corrected chi connectivity index (χ1v) is 19.3. The van der Waals surface area contributed by atoms with Gasteiger partial charge >= 0.3 is 0 Å². The quantitative estimate of drug-likeness (QED) is 0.157. The van der Waals surface area contributed by atoms with E-state index in [1.165, 1.54) is 0 Å². The summed E-state index contributed by atoms with van der Waals surface area (Å²) in [6.45, 7) is 4.33. The predicted molar refractivity (Wildman–Crippen MR) is 214 cm³/mol. The molecule has 1 spiro atoms. The Morgan fingerprint density at radius 3 is 2.31 bits per heavy atom. The van der Waals surface area contributed by atoms with Crippen molar-refractivity contribution in [1.82, 2.24) is 10.2 Å². The van der Waals surface area contributed by atoms with Crippen LogP contribution in [0, 0.1) is 5.92 Å². The van der Waals surface area contributed by atoms with Crippen LogP contribution < -0.4 is 20.0 Å². The number of aliphatic hydroxyl groups is 2. The Labute approximate surface area is 324 Å². The molecule has 0 saturated carbocycles. The number of halogens is 1. The third-order valence-corrected chi connectivity index (χ3v) is 11.5. The number of para-hydroxylation sites is 1. The molecular formula is C43H46BrN5O5. The van der Waals surface area contributed by atoms with Crippen LogP contribution in [0.15, 0.2) is 120 Å². The molecule has 0 aliphatic carbocycles. The summed E-state index contributed by atoms with van der Waals surface area (Å²) in [7, 11) is 0. The molecule has 4 aromatic carbocycles. The second kappa shape index (κ2) is 15.9. The summed E-state index contributed by atoms with van der Waals surface area (Å²) in [4.78, 5) is 49.2. The second-order valence-electron chi connectivity index (χ2n) is 14.4. The van der Waals surface area contributed by atoms with Gasteiger partial charge in [0.05, 0.1) is 25.5 Å². The Hall–Kier alpha value is -4.81. The monoisotopic (exact) mass is 791 g/mol. The van der Waals surface area contributed by atoms with Crippen molar-refractivity contribution in [3.05, 3.63) is 136 Å². The molecule has 2 saturated heterocycles. The first-order valence-electron chi connectivity index (χ1n) is 18.5. The van der Waals surface area contributed by atoms with E-state index < -0.39 is 23.0 Å². The number of hydrogen-bond acceptors (Lipinski definition) is 7. The van der Waals surface area contributed by atoms with Crippen molar-refractivity contribution in [3.8, 4) is 0 Å². The maximum absolute atomic E-state index is 14.4. The summed E-state index contributed by atoms with van der Waals surface area (Å²) in [6.07, 6.45) is 4.88. The molecule has 54 heavy (non-hydrogen) atoms. The summed E-state index contributed by atoms with van der Waals surface area (Å²) < 4.78 is 0.727. The van der Waals surface area contributed by atoms with Crippen LogP contribution in [0.4, 0.5) is 17.1 Å². The van der Waals surface area contributed by atoms with Crippen molar-refractivity contribution in [3.63, 3.8) is 0 Å². The minimum atomic E-state index is -1.88. The molecule has 0 radical (unpaired) electrons. The lowest BCUT2D eigenvalue weighted by Crippen LogP contribution is -2.55. The molecule has 3 N–H and O–H groups in total. The molecule has 3 heterocycles. The number of hydrogen-bond donors (Lipinski definition) is 3. The number of fused-ring (bicyclic) bond motifs is 1. The van der Waals surface area contributed by atoms with Gasteiger partial charge in [0, 0.05) is 46.8 Å². The van der Waals surface area contributed by atoms with E-state index in [2.05, 4.69) is 38.3 Å². The first-order chi connectivity index (χ1) is 26.2. The average Bonchev–Trinajstić information content (AvgIpc) is 3.58. The van der Waals surface area contributed by atoms with Gasteiger partial charge in [0.1, 0.15) is 5.54 Å². The van der Waals surface area contributed by atoms with Crippen molar-refractivity contribution in [2.75, 3.05) is 47.6 Å². The third kappa shape index (κ3) is 7.09. The number of piperidine rings is 1. The summed E-state index contributed by atoms with van der Waals surface area (Å²) in [6, 6.07) is 32.9. The van der Waals surface area contributed by atoms with Gasteiger partial charge in [0.2, 0.25) is 5.91 Å². The van der Waals surface area contributed by atoms with Crippen molar-refractivity contribution in [2.45, 2.75) is 50.4 Å². The highest BCUT2D eigenvalue weighted by Gasteiger charge is 2.54. The average molecular weight is 793 g/mol. The van der Waals surface area contributed by atoms with E-state index in [4.69, 9.17) is 0 Å². The summed E-state index contributed by atoms with van der Waals surface area (Å²) >= 11 is 3.53. The van der Waals surface area contributed by atoms with Crippen LogP contribution in [0.25, 0.3) is 0 Å². The van der Waals surface area contributed by atoms with Crippen molar-refractivity contribution >= 4 is 50.7 Å². The fourth-order valence-electron chi connectivity index (χ4n) is 8.11. The minimum absolute atomic E-state index is 0.0536. The molecule has 3 amide bonds. The highest BCUT2D eigenvalue weighted by molar-refractivity contribution is 9.10. The van der Waals surface area contributed by atoms with E-state index in [0.717, 1.165) is 40.1 Å². The van der Waals surface area contributed by atoms with Gasteiger partial charge in [-0.1, -0.05) is 95.7 Å². The van der Waals surface area contributed by atoms with Gasteiger partial charge in [0.15, 0.2) is 5.60 Å². The van der Waals surface area contributed by atoms with Crippen molar-refractivity contribution in [1.29, 1.82) is 0 Å². The van der Waals surface area contributed by atoms with Gasteiger partial charge in [0.25, 0.3) is 11.8 Å². The van der Waals surface area contributed by atoms with Gasteiger partial charge in [-0.05, 0) is 79.5 Å². The summed E-state index contributed by atoms with van der Waals surface area (Å²) in [5.41, 5.74) is 2.12. The molecule has 7 rings (SSSR count). The zero-order chi connectivity index (χ0) is 37.9. The molecule has 3 aliphatic heterocycles. The number of nitrogens with zero attached hydrogens (tertiary/aromatic N) is 4. The Morgan fingerprint density at radius 2 is 1.59 bits per heavy atom. The number of amides is 3. The van der Waals surface area contributed by atoms with Gasteiger partial charge < -0.3 is 30.2 Å². The second-order valence-corrected chi connectivity index (χ2v) is 15.3. The van der Waals surface area contributed by atoms with Crippen LogP contribution >= 0.6 is 15.9 Å². The molecule has 280 valence electrons. The number of aliphatic hydroxyl groups excluding tert-OH is 1. The van der Waals surface area contributed by atoms with Crippen molar-refractivity contribution < 1.29 is 24.6 Å². The minimum Gasteiger partial charge on any atom is -0.395 e. The van der Waals surface area contributed by atoms with Crippen molar-refractivity contribution in [2.24, 2.45) is 5.92 Å². The lowest BCUT2D eigenvalue weighted by molar-refractivity contribution is -0.139. The van der Waals surface area contributed by atoms with Crippen LogP contribution in [0.5, 0.6) is 0 Å². The predicted octanol–water partition coefficient (Wildman–Crippen LogP) is 5.72. The van der Waals surface area contributed by atoms with Crippen LogP contribution in [-0.4, -0.2) is 71.3 Å². The largest absolute Gasteiger partial charge is 0.395 e. The molecule has 4 aromatic rings. The smallest absolute Gasteiger partial charge is 0.264 e. The first kappa shape index (κ1) is 37.5. The Morgan fingerprint density at radius 1 is 0.907 bits per heavy atom. The van der Waals surface area contributed by atoms with Gasteiger partial charge in [-0.3, -0.25) is 19.3 Å². The topological polar surface area (TPSA) is 117 Å². The van der Waals surface area contributed by atoms with E-state index >= 15 is 0 Å². The molecule has 3 aliphatic rings. The van der Waals surface area contributed by atoms with Crippen LogP contribution in [0.2, 0.25) is 0 Å². The standard InChI is InChI=1S/C43H46BrN5O5/c1-31(10-8-17-39(51)46(24-25-50)28-32-11-4-2-5-12-32)43(54)37-27-34(44)18-19-38(37)47(41(43)53)29-33-13-9-16-36(26-33)48-30-49(35-14-6-3-7-15-35)42(40(48)52)20-22-45-23-21-42/h2-16,18-19,26-27,31,45,50,54H,17,20-25,28-30H2,1H3/b10-8+/t31-,43+/m0/s1. The number of carbonyl (C=O) groups is 3. The van der Waals surface area contributed by atoms with Crippen LogP contribution in [0.1, 0.15) is 42.9 Å². The summed E-state index contributed by atoms with van der Waals surface area (Å²) in [5, 5.41) is 25.3. The fourth-order valence-corrected chi connectivity index (χ4v) is 8.47. The number of benzene rings is 4. The van der Waals surface area contributed by atoms with Gasteiger partial charge in [-0.2, -0.15) is 0 Å². The Kier molecular flexibility index (Phi) is 11.0. The van der Waals surface area contributed by atoms with Crippen LogP contribution in [-0.2, 0) is 33.1 Å². The van der Waals surface area contributed by atoms with E-state index in [9.17, 15) is 24.6 Å². The van der Waals surface area contributed by atoms with E-state index in [1.807, 2.05) is 89.8 Å². The Balaban J connectivity index is 1.10. The number of nitrogens with one attached hydrogen (secondary N) is 1. The molecule has 2 fully saturated rings. The van der Waals surface area contributed by atoms with E-state index in [1.54, 1.807) is 34.9 Å². The molecule has 0 aromatic heterocycles. The molecule has 10 nitrogen and oxygen atoms in total. The number of rotatable bonds is 12. The highest BCUT2D eigenvalue weighted by Crippen LogP contribution is 2.47. The van der Waals surface area contributed by atoms with E-state index in [-0.39, 0.29) is 37.9 Å². The lowest BCUT2D eigenvalue weighted by Gasteiger charge is -2.39. The normalized spacial score (nSPS) is 19.9. The third-order valence-electron chi connectivity index (χ3n) is 11.1. The number of anilines is 3. The maximum atomic E-state index is 14.4. The molecule has 0 unspecified atom stereocenters. The fraction of sp³-hybridized carbons (Fsp3) is 0.326. The molecule has 0 bridgehead atoms. The van der Waals surface area contributed by atoms with Crippen LogP contribution in [0.3, 0.4) is 0 Å². The van der Waals surface area contributed by atoms with E-state index in [0.29, 0.717) is 37.3 Å². The Bertz CT molecular complexity index is 2020.